The summed E-state index contributed by atoms with van der Waals surface area (Å²) in [5.41, 5.74) is 22.6. The number of hydrogen-bond donors (Lipinski definition) is 3. The second kappa shape index (κ2) is 8.04. The minimum atomic E-state index is 0.0773. The summed E-state index contributed by atoms with van der Waals surface area (Å²) >= 11 is 7.76. The number of pyridine rings is 1. The van der Waals surface area contributed by atoms with Gasteiger partial charge in [0.15, 0.2) is 5.65 Å². The van der Waals surface area contributed by atoms with Gasteiger partial charge in [0.25, 0.3) is 0 Å². The molecule has 2 aliphatic rings. The minimum Gasteiger partial charge on any atom is -0.383 e. The van der Waals surface area contributed by atoms with Gasteiger partial charge in [-0.25, -0.2) is 9.97 Å². The molecule has 1 atom stereocenters. The Morgan fingerprint density at radius 2 is 1.82 bits per heavy atom. The summed E-state index contributed by atoms with van der Waals surface area (Å²) in [6, 6.07) is 10.5. The number of anilines is 3. The summed E-state index contributed by atoms with van der Waals surface area (Å²) in [6.07, 6.45) is 8.36. The van der Waals surface area contributed by atoms with E-state index >= 15 is 0 Å². The number of nitrogen functional groups attached to an aromatic ring is 2. The van der Waals surface area contributed by atoms with Crippen molar-refractivity contribution in [2.45, 2.75) is 35.1 Å². The molecule has 6 N–H and O–H groups in total. The molecule has 4 aromatic rings. The zero-order chi connectivity index (χ0) is 23.4. The Morgan fingerprint density at radius 3 is 2.62 bits per heavy atom. The van der Waals surface area contributed by atoms with Crippen LogP contribution in [0.25, 0.3) is 5.65 Å². The molecule has 3 aromatic heterocycles. The number of halogens is 1. The number of fused-ring (bicyclic) bond motifs is 2. The Morgan fingerprint density at radius 1 is 1.03 bits per heavy atom. The normalized spacial score (nSPS) is 19.1. The van der Waals surface area contributed by atoms with Crippen LogP contribution in [0.1, 0.15) is 30.0 Å². The molecule has 0 amide bonds. The first-order valence-electron chi connectivity index (χ1n) is 11.3. The second-order valence-electron chi connectivity index (χ2n) is 9.06. The van der Waals surface area contributed by atoms with E-state index in [-0.39, 0.29) is 17.3 Å². The third kappa shape index (κ3) is 3.30. The molecular weight excluding hydrogens is 468 g/mol. The molecule has 1 spiro atoms. The number of hydrogen-bond acceptors (Lipinski definition) is 8. The predicted octanol–water partition coefficient (Wildman–Crippen LogP) is 3.94. The average Bonchev–Trinajstić information content (AvgIpc) is 3.43. The van der Waals surface area contributed by atoms with Crippen LogP contribution in [0.4, 0.5) is 17.6 Å². The molecule has 4 heterocycles. The van der Waals surface area contributed by atoms with Crippen molar-refractivity contribution in [3.05, 3.63) is 65.1 Å². The first-order chi connectivity index (χ1) is 16.5. The molecule has 10 heteroatoms. The van der Waals surface area contributed by atoms with Crippen LogP contribution in [0, 0.1) is 5.41 Å². The number of benzene rings is 1. The monoisotopic (exact) mass is 492 g/mol. The van der Waals surface area contributed by atoms with Gasteiger partial charge in [0.2, 0.25) is 5.95 Å². The van der Waals surface area contributed by atoms with Crippen molar-refractivity contribution in [2.24, 2.45) is 11.1 Å². The summed E-state index contributed by atoms with van der Waals surface area (Å²) in [5, 5.41) is 0.399. The zero-order valence-corrected chi connectivity index (χ0v) is 20.1. The van der Waals surface area contributed by atoms with E-state index in [2.05, 4.69) is 39.1 Å². The van der Waals surface area contributed by atoms with Crippen molar-refractivity contribution in [1.29, 1.82) is 0 Å². The number of nitrogens with zero attached hydrogens (tertiary/aromatic N) is 5. The Hall–Kier alpha value is -3.01. The number of aromatic nitrogens is 4. The van der Waals surface area contributed by atoms with Gasteiger partial charge in [0.1, 0.15) is 11.6 Å². The summed E-state index contributed by atoms with van der Waals surface area (Å²) in [6.45, 7) is 1.72. The Bertz CT molecular complexity index is 1400. The van der Waals surface area contributed by atoms with Gasteiger partial charge < -0.3 is 22.1 Å². The van der Waals surface area contributed by atoms with E-state index in [1.807, 2.05) is 16.7 Å². The molecular formula is C24H25ClN8S. The Kier molecular flexibility index (Phi) is 5.09. The minimum absolute atomic E-state index is 0.0773. The topological polar surface area (TPSA) is 124 Å². The lowest BCUT2D eigenvalue weighted by atomic mass is 9.73. The van der Waals surface area contributed by atoms with Gasteiger partial charge in [-0.05, 0) is 41.9 Å². The van der Waals surface area contributed by atoms with E-state index in [0.29, 0.717) is 10.8 Å². The van der Waals surface area contributed by atoms with E-state index in [0.717, 1.165) is 53.7 Å². The highest BCUT2D eigenvalue weighted by atomic mass is 35.5. The van der Waals surface area contributed by atoms with Crippen LogP contribution in [0.3, 0.4) is 0 Å². The molecule has 0 radical (unpaired) electrons. The number of imidazole rings is 1. The van der Waals surface area contributed by atoms with E-state index in [9.17, 15) is 0 Å². The Labute approximate surface area is 206 Å². The summed E-state index contributed by atoms with van der Waals surface area (Å²) in [4.78, 5) is 17.2. The van der Waals surface area contributed by atoms with Crippen molar-refractivity contribution in [3.8, 4) is 0 Å². The highest BCUT2D eigenvalue weighted by Gasteiger charge is 2.46. The molecule has 1 saturated heterocycles. The zero-order valence-electron chi connectivity index (χ0n) is 18.5. The van der Waals surface area contributed by atoms with Crippen LogP contribution in [-0.4, -0.2) is 32.4 Å². The fourth-order valence-electron chi connectivity index (χ4n) is 5.37. The van der Waals surface area contributed by atoms with E-state index in [1.165, 1.54) is 22.9 Å². The van der Waals surface area contributed by atoms with Crippen LogP contribution < -0.4 is 22.1 Å². The summed E-state index contributed by atoms with van der Waals surface area (Å²) < 4.78 is 2.00. The standard InChI is InChI=1S/C24H25ClN8S/c25-17-16(5-8-29-20(17)27)34-18-21(28)31-23(33-12-9-30-22(18)33)32-10-6-24(7-11-32)13-14-3-1-2-4-15(14)19(24)26/h1-5,8-9,12,19H,6-7,10-11,13,26,28H2,(H2,27,29). The van der Waals surface area contributed by atoms with Crippen molar-refractivity contribution in [1.82, 2.24) is 19.4 Å². The SMILES string of the molecule is Nc1nccc(Sc2c(N)nc(N3CCC4(CC3)Cc3ccccc3C4N)n3ccnc23)c1Cl. The van der Waals surface area contributed by atoms with Gasteiger partial charge in [0.05, 0.1) is 9.92 Å². The lowest BCUT2D eigenvalue weighted by Gasteiger charge is -2.42. The number of rotatable bonds is 3. The molecule has 1 aliphatic carbocycles. The Balaban J connectivity index is 1.29. The lowest BCUT2D eigenvalue weighted by Crippen LogP contribution is -2.45. The van der Waals surface area contributed by atoms with E-state index < -0.39 is 0 Å². The van der Waals surface area contributed by atoms with Crippen LogP contribution in [0.5, 0.6) is 0 Å². The first-order valence-corrected chi connectivity index (χ1v) is 12.4. The highest BCUT2D eigenvalue weighted by Crippen LogP contribution is 2.51. The molecule has 1 aromatic carbocycles. The maximum Gasteiger partial charge on any atom is 0.213 e. The molecule has 34 heavy (non-hydrogen) atoms. The molecule has 8 nitrogen and oxygen atoms in total. The van der Waals surface area contributed by atoms with Gasteiger partial charge in [0, 0.05) is 42.6 Å². The molecule has 0 saturated carbocycles. The summed E-state index contributed by atoms with van der Waals surface area (Å²) in [5.74, 6) is 1.49. The number of piperidine rings is 1. The van der Waals surface area contributed by atoms with Crippen molar-refractivity contribution in [2.75, 3.05) is 29.5 Å². The largest absolute Gasteiger partial charge is 0.383 e. The molecule has 1 aliphatic heterocycles. The fourth-order valence-corrected chi connectivity index (χ4v) is 6.53. The smallest absolute Gasteiger partial charge is 0.213 e. The highest BCUT2D eigenvalue weighted by molar-refractivity contribution is 7.99. The quantitative estimate of drug-likeness (QED) is 0.393. The van der Waals surface area contributed by atoms with Gasteiger partial charge >= 0.3 is 0 Å². The van der Waals surface area contributed by atoms with Crippen molar-refractivity contribution < 1.29 is 0 Å². The predicted molar refractivity (Wildman–Crippen MR) is 136 cm³/mol. The fraction of sp³-hybridized carbons (Fsp3) is 0.292. The van der Waals surface area contributed by atoms with Crippen molar-refractivity contribution >= 4 is 46.6 Å². The van der Waals surface area contributed by atoms with Crippen LogP contribution in [-0.2, 0) is 6.42 Å². The second-order valence-corrected chi connectivity index (χ2v) is 10.5. The maximum atomic E-state index is 6.76. The molecule has 1 unspecified atom stereocenters. The average molecular weight is 493 g/mol. The van der Waals surface area contributed by atoms with Crippen LogP contribution in [0.2, 0.25) is 5.02 Å². The third-order valence-corrected chi connectivity index (χ3v) is 8.90. The number of nitrogens with two attached hydrogens (primary N) is 3. The molecule has 1 fully saturated rings. The van der Waals surface area contributed by atoms with Gasteiger partial charge in [-0.2, -0.15) is 4.98 Å². The van der Waals surface area contributed by atoms with Crippen LogP contribution in [0.15, 0.2) is 58.7 Å². The van der Waals surface area contributed by atoms with Gasteiger partial charge in [-0.1, -0.05) is 47.6 Å². The maximum absolute atomic E-state index is 6.76. The van der Waals surface area contributed by atoms with E-state index in [4.69, 9.17) is 33.8 Å². The van der Waals surface area contributed by atoms with Crippen LogP contribution >= 0.6 is 23.4 Å². The first kappa shape index (κ1) is 21.5. The molecule has 0 bridgehead atoms. The molecule has 174 valence electrons. The summed E-state index contributed by atoms with van der Waals surface area (Å²) in [7, 11) is 0. The van der Waals surface area contributed by atoms with Gasteiger partial charge in [-0.3, -0.25) is 4.40 Å². The van der Waals surface area contributed by atoms with Crippen molar-refractivity contribution in [3.63, 3.8) is 0 Å². The van der Waals surface area contributed by atoms with E-state index in [1.54, 1.807) is 12.4 Å². The molecule has 6 rings (SSSR count). The van der Waals surface area contributed by atoms with Gasteiger partial charge in [-0.15, -0.1) is 0 Å². The lowest BCUT2D eigenvalue weighted by molar-refractivity contribution is 0.187. The third-order valence-electron chi connectivity index (χ3n) is 7.24.